The minimum absolute atomic E-state index is 0.0556. The summed E-state index contributed by atoms with van der Waals surface area (Å²) >= 11 is 0. The Morgan fingerprint density at radius 2 is 1.07 bits per heavy atom. The van der Waals surface area contributed by atoms with Gasteiger partial charge in [-0.05, 0) is 72.1 Å². The standard InChI is InChI=1S/C35H56N6O13/c1-23(11-17-42)20-30(45)39(51)14-5-8-27-33(48)38-28(34(49)37-27)9-6-15-40(52)32(47)22-25(3)13-19-54-35(50)29(36-26(4)44)10-7-16-41(53)31(46)21-24(2)12-18-43/h20-22,27-29,42-43,51-53H,5-19H2,1-4H3,(H,36,44)(H,37,49)(H,38,48)/b23-20-,24-21+,25-22-. The number of carbonyl (C=O) groups excluding carboxylic acids is 7. The number of carbonyl (C=O) groups is 7. The van der Waals surface area contributed by atoms with E-state index in [1.165, 1.54) is 19.1 Å². The number of ether oxygens (including phenoxy) is 1. The molecule has 19 nitrogen and oxygen atoms in total. The maximum atomic E-state index is 12.6. The minimum Gasteiger partial charge on any atom is -0.464 e. The molecule has 8 N–H and O–H groups in total. The molecule has 6 amide bonds. The van der Waals surface area contributed by atoms with Gasteiger partial charge in [-0.2, -0.15) is 0 Å². The number of rotatable bonds is 24. The smallest absolute Gasteiger partial charge is 0.328 e. The largest absolute Gasteiger partial charge is 0.464 e. The van der Waals surface area contributed by atoms with Crippen LogP contribution in [0.3, 0.4) is 0 Å². The van der Waals surface area contributed by atoms with E-state index in [1.807, 2.05) is 0 Å². The van der Waals surface area contributed by atoms with Crippen molar-refractivity contribution in [3.05, 3.63) is 34.9 Å². The molecular formula is C35H56N6O13. The van der Waals surface area contributed by atoms with E-state index in [0.29, 0.717) is 38.3 Å². The highest BCUT2D eigenvalue weighted by atomic mass is 16.5. The number of hydrogen-bond acceptors (Lipinski definition) is 13. The summed E-state index contributed by atoms with van der Waals surface area (Å²) in [6.45, 7) is 5.30. The van der Waals surface area contributed by atoms with Crippen LogP contribution >= 0.6 is 0 Å². The quantitative estimate of drug-likeness (QED) is 0.0279. The Morgan fingerprint density at radius 1 is 0.685 bits per heavy atom. The van der Waals surface area contributed by atoms with E-state index in [2.05, 4.69) is 16.0 Å². The number of aliphatic hydroxyl groups is 2. The van der Waals surface area contributed by atoms with Gasteiger partial charge >= 0.3 is 5.97 Å². The fourth-order valence-electron chi connectivity index (χ4n) is 5.08. The molecule has 0 bridgehead atoms. The van der Waals surface area contributed by atoms with Crippen molar-refractivity contribution in [3.63, 3.8) is 0 Å². The lowest BCUT2D eigenvalue weighted by molar-refractivity contribution is -0.160. The van der Waals surface area contributed by atoms with Crippen LogP contribution in [0, 0.1) is 0 Å². The molecule has 304 valence electrons. The number of nitrogens with zero attached hydrogens (tertiary/aromatic N) is 3. The van der Waals surface area contributed by atoms with Crippen molar-refractivity contribution in [2.24, 2.45) is 0 Å². The summed E-state index contributed by atoms with van der Waals surface area (Å²) in [4.78, 5) is 85.9. The molecule has 1 saturated heterocycles. The zero-order chi connectivity index (χ0) is 40.8. The Balaban J connectivity index is 2.47. The highest BCUT2D eigenvalue weighted by Crippen LogP contribution is 2.11. The Labute approximate surface area is 314 Å². The molecule has 19 heteroatoms. The number of piperazine rings is 1. The monoisotopic (exact) mass is 768 g/mol. The molecule has 0 saturated carbocycles. The van der Waals surface area contributed by atoms with Crippen molar-refractivity contribution in [1.29, 1.82) is 0 Å². The molecule has 3 unspecified atom stereocenters. The molecular weight excluding hydrogens is 712 g/mol. The average molecular weight is 769 g/mol. The van der Waals surface area contributed by atoms with E-state index in [9.17, 15) is 49.2 Å². The van der Waals surface area contributed by atoms with Crippen LogP contribution in [0.1, 0.15) is 85.5 Å². The van der Waals surface area contributed by atoms with E-state index < -0.39 is 59.5 Å². The van der Waals surface area contributed by atoms with Gasteiger partial charge < -0.3 is 30.9 Å². The van der Waals surface area contributed by atoms with E-state index in [1.54, 1.807) is 20.8 Å². The van der Waals surface area contributed by atoms with Gasteiger partial charge in [-0.1, -0.05) is 16.7 Å². The molecule has 1 rings (SSSR count). The predicted molar refractivity (Wildman–Crippen MR) is 190 cm³/mol. The lowest BCUT2D eigenvalue weighted by Gasteiger charge is -2.30. The van der Waals surface area contributed by atoms with E-state index in [0.717, 1.165) is 6.08 Å². The summed E-state index contributed by atoms with van der Waals surface area (Å²) < 4.78 is 5.26. The van der Waals surface area contributed by atoms with Gasteiger partial charge in [0.1, 0.15) is 18.1 Å². The van der Waals surface area contributed by atoms with Gasteiger partial charge in [-0.3, -0.25) is 44.4 Å². The van der Waals surface area contributed by atoms with Gasteiger partial charge in [-0.25, -0.2) is 20.0 Å². The Kier molecular flexibility index (Phi) is 22.2. The number of aliphatic hydroxyl groups excluding tert-OH is 2. The first kappa shape index (κ1) is 47.3. The van der Waals surface area contributed by atoms with Crippen LogP contribution in [-0.2, 0) is 38.3 Å². The molecule has 0 aliphatic carbocycles. The third-order valence-corrected chi connectivity index (χ3v) is 8.14. The van der Waals surface area contributed by atoms with E-state index in [4.69, 9.17) is 14.9 Å². The Hall–Kier alpha value is -4.69. The molecule has 1 aliphatic rings. The number of nitrogens with one attached hydrogen (secondary N) is 3. The fourth-order valence-corrected chi connectivity index (χ4v) is 5.08. The highest BCUT2D eigenvalue weighted by molar-refractivity contribution is 5.97. The summed E-state index contributed by atoms with van der Waals surface area (Å²) in [7, 11) is 0. The predicted octanol–water partition coefficient (Wildman–Crippen LogP) is 0.00530. The van der Waals surface area contributed by atoms with Crippen molar-refractivity contribution >= 4 is 41.4 Å². The summed E-state index contributed by atoms with van der Waals surface area (Å²) in [5.41, 5.74) is 1.64. The molecule has 0 aromatic rings. The maximum Gasteiger partial charge on any atom is 0.328 e. The first-order valence-electron chi connectivity index (χ1n) is 17.8. The molecule has 3 atom stereocenters. The van der Waals surface area contributed by atoms with Crippen LogP contribution in [0.2, 0.25) is 0 Å². The van der Waals surface area contributed by atoms with Gasteiger partial charge in [0, 0.05) is 64.4 Å². The summed E-state index contributed by atoms with van der Waals surface area (Å²) in [6, 6.07) is -2.81. The van der Waals surface area contributed by atoms with Gasteiger partial charge in [0.25, 0.3) is 17.7 Å². The van der Waals surface area contributed by atoms with Crippen LogP contribution in [-0.4, -0.2) is 140 Å². The fraction of sp³-hybridized carbons (Fsp3) is 0.629. The second-order valence-electron chi connectivity index (χ2n) is 13.0. The normalized spacial score (nSPS) is 16.9. The Morgan fingerprint density at radius 3 is 1.46 bits per heavy atom. The Bertz CT molecular complexity index is 1400. The molecule has 0 radical (unpaired) electrons. The summed E-state index contributed by atoms with van der Waals surface area (Å²) in [6.07, 6.45) is 5.09. The first-order valence-corrected chi connectivity index (χ1v) is 17.8. The molecule has 1 fully saturated rings. The van der Waals surface area contributed by atoms with Gasteiger partial charge in [0.2, 0.25) is 17.7 Å². The lowest BCUT2D eigenvalue weighted by Crippen LogP contribution is -2.61. The zero-order valence-corrected chi connectivity index (χ0v) is 31.4. The topological polar surface area (TPSA) is 276 Å². The first-order chi connectivity index (χ1) is 25.5. The molecule has 0 spiro atoms. The van der Waals surface area contributed by atoms with Crippen LogP contribution in [0.5, 0.6) is 0 Å². The number of hydrogen-bond donors (Lipinski definition) is 8. The number of amides is 6. The van der Waals surface area contributed by atoms with Crippen molar-refractivity contribution in [2.75, 3.05) is 39.5 Å². The number of esters is 1. The van der Waals surface area contributed by atoms with Crippen LogP contribution in [0.25, 0.3) is 0 Å². The van der Waals surface area contributed by atoms with Crippen molar-refractivity contribution in [3.8, 4) is 0 Å². The highest BCUT2D eigenvalue weighted by Gasteiger charge is 2.33. The second-order valence-corrected chi connectivity index (χ2v) is 13.0. The molecule has 54 heavy (non-hydrogen) atoms. The molecule has 1 aliphatic heterocycles. The van der Waals surface area contributed by atoms with Gasteiger partial charge in [0.05, 0.1) is 6.61 Å². The van der Waals surface area contributed by atoms with Crippen molar-refractivity contribution < 1.29 is 64.1 Å². The van der Waals surface area contributed by atoms with E-state index >= 15 is 0 Å². The third-order valence-electron chi connectivity index (χ3n) is 8.14. The summed E-state index contributed by atoms with van der Waals surface area (Å²) in [5.74, 6) is -4.25. The zero-order valence-electron chi connectivity index (χ0n) is 31.4. The van der Waals surface area contributed by atoms with Gasteiger partial charge in [-0.15, -0.1) is 0 Å². The maximum absolute atomic E-state index is 12.6. The molecule has 1 heterocycles. The van der Waals surface area contributed by atoms with Crippen molar-refractivity contribution in [1.82, 2.24) is 31.1 Å². The SMILES string of the molecule is CC(=O)NC(CCCN(O)C(=O)/C=C(\C)CCO)C(=O)OCC/C(C)=C\C(=O)N(O)CCCC1NC(=O)C(CCCN(O)C(=O)/C=C(/C)CCO)NC1=O. The summed E-state index contributed by atoms with van der Waals surface area (Å²) in [5, 5.41) is 57.0. The van der Waals surface area contributed by atoms with Crippen LogP contribution in [0.15, 0.2) is 34.9 Å². The average Bonchev–Trinajstić information content (AvgIpc) is 3.09. The minimum atomic E-state index is -1.05. The van der Waals surface area contributed by atoms with Crippen LogP contribution in [0.4, 0.5) is 0 Å². The van der Waals surface area contributed by atoms with Gasteiger partial charge in [0.15, 0.2) is 0 Å². The molecule has 0 aromatic carbocycles. The van der Waals surface area contributed by atoms with E-state index in [-0.39, 0.29) is 90.8 Å². The second kappa shape index (κ2) is 25.4. The van der Waals surface area contributed by atoms with Crippen LogP contribution < -0.4 is 16.0 Å². The molecule has 0 aromatic heterocycles. The number of hydroxylamine groups is 6. The van der Waals surface area contributed by atoms with Crippen molar-refractivity contribution in [2.45, 2.75) is 104 Å². The lowest BCUT2D eigenvalue weighted by atomic mass is 10.0. The third kappa shape index (κ3) is 18.9.